The summed E-state index contributed by atoms with van der Waals surface area (Å²) in [5.41, 5.74) is 2.04. The van der Waals surface area contributed by atoms with Crippen LogP contribution in [0.2, 0.25) is 0 Å². The van der Waals surface area contributed by atoms with Crippen LogP contribution in [0.15, 0.2) is 28.9 Å². The van der Waals surface area contributed by atoms with E-state index in [-0.39, 0.29) is 5.82 Å². The predicted molar refractivity (Wildman–Crippen MR) is 105 cm³/mol. The largest absolute Gasteiger partial charge is 0.378 e. The number of fused-ring (bicyclic) bond motifs is 2. The minimum absolute atomic E-state index is 0.312. The molecule has 0 radical (unpaired) electrons. The molecule has 3 aromatic heterocycles. The van der Waals surface area contributed by atoms with Crippen molar-refractivity contribution < 1.29 is 9.13 Å². The summed E-state index contributed by atoms with van der Waals surface area (Å²) < 4.78 is 21.2. The van der Waals surface area contributed by atoms with Gasteiger partial charge in [-0.25, -0.2) is 9.37 Å². The molecular formula is C17H16BrFN8O. The second-order valence-electron chi connectivity index (χ2n) is 6.37. The summed E-state index contributed by atoms with van der Waals surface area (Å²) in [4.78, 5) is 18.9. The Bertz CT molecular complexity index is 1150. The fourth-order valence-electron chi connectivity index (χ4n) is 3.14. The number of rotatable bonds is 4. The average molecular weight is 447 g/mol. The number of hydrogen-bond acceptors (Lipinski definition) is 7. The molecule has 28 heavy (non-hydrogen) atoms. The van der Waals surface area contributed by atoms with Gasteiger partial charge in [0.15, 0.2) is 5.65 Å². The molecule has 0 saturated carbocycles. The minimum Gasteiger partial charge on any atom is -0.378 e. The Morgan fingerprint density at radius 2 is 2.07 bits per heavy atom. The predicted octanol–water partition coefficient (Wildman–Crippen LogP) is 2.35. The van der Waals surface area contributed by atoms with Crippen molar-refractivity contribution in [2.75, 3.05) is 36.5 Å². The molecule has 1 aliphatic heterocycles. The summed E-state index contributed by atoms with van der Waals surface area (Å²) >= 11 is 3.49. The standard InChI is InChI=1S/C17H16BrFN8O/c18-11-8-21-27-15(11)24-17(26-3-5-28-6-4-26)25-16(27)20-9-14-22-12-2-1-10(19)7-13(12)23-14/h1-2,7-8H,3-6,9H2,(H,22,23)(H,20,24,25). The van der Waals surface area contributed by atoms with E-state index in [1.807, 2.05) is 0 Å². The third kappa shape index (κ3) is 3.16. The Morgan fingerprint density at radius 1 is 1.21 bits per heavy atom. The number of hydrogen-bond donors (Lipinski definition) is 2. The van der Waals surface area contributed by atoms with Gasteiger partial charge in [-0.05, 0) is 28.1 Å². The van der Waals surface area contributed by atoms with Gasteiger partial charge in [-0.15, -0.1) is 0 Å². The number of benzene rings is 1. The number of nitrogens with zero attached hydrogens (tertiary/aromatic N) is 6. The lowest BCUT2D eigenvalue weighted by atomic mass is 10.3. The van der Waals surface area contributed by atoms with Gasteiger partial charge in [0.05, 0.1) is 41.5 Å². The Balaban J connectivity index is 1.46. The molecule has 0 bridgehead atoms. The highest BCUT2D eigenvalue weighted by Crippen LogP contribution is 2.22. The Labute approximate surface area is 167 Å². The summed E-state index contributed by atoms with van der Waals surface area (Å²) in [6, 6.07) is 4.48. The average Bonchev–Trinajstić information content (AvgIpc) is 3.29. The Morgan fingerprint density at radius 3 is 2.93 bits per heavy atom. The van der Waals surface area contributed by atoms with Crippen LogP contribution >= 0.6 is 15.9 Å². The number of aromatic nitrogens is 6. The molecule has 1 aliphatic rings. The fourth-order valence-corrected chi connectivity index (χ4v) is 3.49. The maximum Gasteiger partial charge on any atom is 0.230 e. The van der Waals surface area contributed by atoms with E-state index in [2.05, 4.69) is 51.2 Å². The smallest absolute Gasteiger partial charge is 0.230 e. The third-order valence-electron chi connectivity index (χ3n) is 4.52. The molecule has 0 aliphatic carbocycles. The molecule has 144 valence electrons. The number of imidazole rings is 1. The molecule has 1 fully saturated rings. The SMILES string of the molecule is Fc1ccc2[nH]c(CNc3nc(N4CCOCC4)nc4c(Br)cnn34)nc2c1. The number of H-pyrrole nitrogens is 1. The van der Waals surface area contributed by atoms with Gasteiger partial charge in [0.2, 0.25) is 11.9 Å². The van der Waals surface area contributed by atoms with Crippen molar-refractivity contribution in [2.45, 2.75) is 6.54 Å². The van der Waals surface area contributed by atoms with E-state index in [4.69, 9.17) is 4.74 Å². The first-order valence-corrected chi connectivity index (χ1v) is 9.59. The third-order valence-corrected chi connectivity index (χ3v) is 5.07. The molecule has 0 spiro atoms. The van der Waals surface area contributed by atoms with Crippen LogP contribution in [0.4, 0.5) is 16.3 Å². The highest BCUT2D eigenvalue weighted by Gasteiger charge is 2.18. The van der Waals surface area contributed by atoms with Crippen LogP contribution in [0, 0.1) is 5.82 Å². The van der Waals surface area contributed by atoms with E-state index in [1.54, 1.807) is 16.8 Å². The Hall–Kier alpha value is -2.79. The summed E-state index contributed by atoms with van der Waals surface area (Å²) in [6.45, 7) is 3.13. The fraction of sp³-hybridized carbons (Fsp3) is 0.294. The molecule has 0 atom stereocenters. The first-order valence-electron chi connectivity index (χ1n) is 8.79. The lowest BCUT2D eigenvalue weighted by molar-refractivity contribution is 0.122. The molecule has 0 unspecified atom stereocenters. The molecule has 11 heteroatoms. The molecule has 0 amide bonds. The highest BCUT2D eigenvalue weighted by molar-refractivity contribution is 9.10. The van der Waals surface area contributed by atoms with Gasteiger partial charge < -0.3 is 19.9 Å². The molecule has 1 saturated heterocycles. The molecule has 1 aromatic carbocycles. The van der Waals surface area contributed by atoms with Crippen molar-refractivity contribution in [1.29, 1.82) is 0 Å². The van der Waals surface area contributed by atoms with Crippen LogP contribution in [-0.4, -0.2) is 55.9 Å². The zero-order valence-corrected chi connectivity index (χ0v) is 16.3. The Kier molecular flexibility index (Phi) is 4.32. The van der Waals surface area contributed by atoms with Gasteiger partial charge in [-0.2, -0.15) is 19.6 Å². The van der Waals surface area contributed by atoms with Gasteiger partial charge in [0.25, 0.3) is 0 Å². The van der Waals surface area contributed by atoms with E-state index in [1.165, 1.54) is 12.1 Å². The molecule has 5 rings (SSSR count). The monoisotopic (exact) mass is 446 g/mol. The number of ether oxygens (including phenoxy) is 1. The molecular weight excluding hydrogens is 431 g/mol. The van der Waals surface area contributed by atoms with Crippen molar-refractivity contribution in [3.8, 4) is 0 Å². The summed E-state index contributed by atoms with van der Waals surface area (Å²) in [7, 11) is 0. The highest BCUT2D eigenvalue weighted by atomic mass is 79.9. The second-order valence-corrected chi connectivity index (χ2v) is 7.23. The van der Waals surface area contributed by atoms with Crippen molar-refractivity contribution >= 4 is 44.5 Å². The normalized spacial score (nSPS) is 14.9. The first-order chi connectivity index (χ1) is 13.7. The van der Waals surface area contributed by atoms with Gasteiger partial charge in [-0.3, -0.25) is 0 Å². The van der Waals surface area contributed by atoms with Crippen LogP contribution in [0.1, 0.15) is 5.82 Å². The van der Waals surface area contributed by atoms with Crippen molar-refractivity contribution in [3.05, 3.63) is 40.5 Å². The van der Waals surface area contributed by atoms with Gasteiger partial charge in [-0.1, -0.05) is 0 Å². The second kappa shape index (κ2) is 6.99. The van der Waals surface area contributed by atoms with Crippen LogP contribution in [0.5, 0.6) is 0 Å². The van der Waals surface area contributed by atoms with Crippen molar-refractivity contribution in [2.24, 2.45) is 0 Å². The van der Waals surface area contributed by atoms with Crippen molar-refractivity contribution in [1.82, 2.24) is 29.5 Å². The zero-order valence-electron chi connectivity index (χ0n) is 14.7. The topological polar surface area (TPSA) is 96.3 Å². The van der Waals surface area contributed by atoms with Crippen LogP contribution in [0.25, 0.3) is 16.7 Å². The first kappa shape index (κ1) is 17.3. The summed E-state index contributed by atoms with van der Waals surface area (Å²) in [5.74, 6) is 1.52. The molecule has 4 aromatic rings. The minimum atomic E-state index is -0.312. The van der Waals surface area contributed by atoms with Gasteiger partial charge in [0.1, 0.15) is 11.6 Å². The van der Waals surface area contributed by atoms with E-state index in [0.717, 1.165) is 23.1 Å². The van der Waals surface area contributed by atoms with E-state index < -0.39 is 0 Å². The summed E-state index contributed by atoms with van der Waals surface area (Å²) in [6.07, 6.45) is 1.68. The zero-order chi connectivity index (χ0) is 19.1. The number of nitrogens with one attached hydrogen (secondary N) is 2. The van der Waals surface area contributed by atoms with Crippen LogP contribution < -0.4 is 10.2 Å². The summed E-state index contributed by atoms with van der Waals surface area (Å²) in [5, 5.41) is 7.59. The molecule has 2 N–H and O–H groups in total. The number of aromatic amines is 1. The number of halogens is 2. The van der Waals surface area contributed by atoms with E-state index >= 15 is 0 Å². The van der Waals surface area contributed by atoms with Gasteiger partial charge >= 0.3 is 0 Å². The lowest BCUT2D eigenvalue weighted by Gasteiger charge is -2.27. The number of morpholine rings is 1. The quantitative estimate of drug-likeness (QED) is 0.496. The van der Waals surface area contributed by atoms with E-state index in [9.17, 15) is 4.39 Å². The maximum absolute atomic E-state index is 13.4. The van der Waals surface area contributed by atoms with E-state index in [0.29, 0.717) is 48.6 Å². The molecule has 9 nitrogen and oxygen atoms in total. The van der Waals surface area contributed by atoms with Gasteiger partial charge in [0, 0.05) is 19.2 Å². The maximum atomic E-state index is 13.4. The van der Waals surface area contributed by atoms with Crippen LogP contribution in [-0.2, 0) is 11.3 Å². The number of anilines is 2. The van der Waals surface area contributed by atoms with Crippen LogP contribution in [0.3, 0.4) is 0 Å². The van der Waals surface area contributed by atoms with Crippen molar-refractivity contribution in [3.63, 3.8) is 0 Å². The molecule has 4 heterocycles. The lowest BCUT2D eigenvalue weighted by Crippen LogP contribution is -2.37.